The summed E-state index contributed by atoms with van der Waals surface area (Å²) in [6.07, 6.45) is 0.607. The number of hydrogen-bond acceptors (Lipinski definition) is 3. The van der Waals surface area contributed by atoms with Crippen LogP contribution >= 0.6 is 38.9 Å². The molecule has 1 atom stereocenters. The summed E-state index contributed by atoms with van der Waals surface area (Å²) in [5, 5.41) is 0. The number of thiophene rings is 1. The Bertz CT molecular complexity index is 515. The molecular weight excluding hydrogens is 370 g/mol. The lowest BCUT2D eigenvalue weighted by Gasteiger charge is -2.30. The Hall–Kier alpha value is 0.380. The maximum atomic E-state index is 12.4. The van der Waals surface area contributed by atoms with Gasteiger partial charge < -0.3 is 0 Å². The summed E-state index contributed by atoms with van der Waals surface area (Å²) in [7, 11) is -3.49. The van der Waals surface area contributed by atoms with E-state index in [1.165, 1.54) is 11.3 Å². The molecule has 3 nitrogen and oxygen atoms in total. The molecule has 0 fully saturated rings. The monoisotopic (exact) mass is 387 g/mol. The van der Waals surface area contributed by atoms with Crippen LogP contribution in [-0.4, -0.2) is 20.3 Å². The summed E-state index contributed by atoms with van der Waals surface area (Å²) in [5.41, 5.74) is 0.751. The number of sulfonamides is 1. The van der Waals surface area contributed by atoms with Crippen LogP contribution in [0.2, 0.25) is 0 Å². The highest BCUT2D eigenvalue weighted by Crippen LogP contribution is 2.32. The molecule has 0 aliphatic rings. The second-order valence-electron chi connectivity index (χ2n) is 5.54. The van der Waals surface area contributed by atoms with Crippen LogP contribution in [0.25, 0.3) is 0 Å². The van der Waals surface area contributed by atoms with Gasteiger partial charge in [0.25, 0.3) is 0 Å². The molecule has 7 heteroatoms. The highest BCUT2D eigenvalue weighted by atomic mass is 79.9. The van der Waals surface area contributed by atoms with Crippen molar-refractivity contribution in [2.24, 2.45) is 5.41 Å². The van der Waals surface area contributed by atoms with Gasteiger partial charge in [-0.05, 0) is 46.3 Å². The van der Waals surface area contributed by atoms with Gasteiger partial charge in [-0.15, -0.1) is 22.9 Å². The van der Waals surface area contributed by atoms with Crippen molar-refractivity contribution in [2.45, 2.75) is 44.4 Å². The van der Waals surface area contributed by atoms with E-state index in [1.54, 1.807) is 6.07 Å². The summed E-state index contributed by atoms with van der Waals surface area (Å²) in [4.78, 5) is 0. The van der Waals surface area contributed by atoms with E-state index in [0.29, 0.717) is 16.5 Å². The minimum absolute atomic E-state index is 0.175. The first-order chi connectivity index (χ1) is 8.58. The van der Waals surface area contributed by atoms with Crippen LogP contribution < -0.4 is 4.72 Å². The number of rotatable bonds is 5. The fraction of sp³-hybridized carbons (Fsp3) is 0.667. The van der Waals surface area contributed by atoms with Crippen molar-refractivity contribution < 1.29 is 8.42 Å². The first-order valence-corrected chi connectivity index (χ1v) is 9.55. The van der Waals surface area contributed by atoms with Gasteiger partial charge in [0.1, 0.15) is 4.21 Å². The lowest BCUT2D eigenvalue weighted by molar-refractivity contribution is 0.293. The zero-order valence-electron chi connectivity index (χ0n) is 11.5. The van der Waals surface area contributed by atoms with Gasteiger partial charge >= 0.3 is 0 Å². The van der Waals surface area contributed by atoms with Gasteiger partial charge in [-0.2, -0.15) is 0 Å². The first kappa shape index (κ1) is 17.4. The Morgan fingerprint density at radius 1 is 1.47 bits per heavy atom. The Morgan fingerprint density at radius 2 is 2.05 bits per heavy atom. The topological polar surface area (TPSA) is 46.2 Å². The third kappa shape index (κ3) is 4.70. The van der Waals surface area contributed by atoms with Gasteiger partial charge in [0, 0.05) is 11.9 Å². The molecular formula is C12H19BrClNO2S2. The van der Waals surface area contributed by atoms with Crippen molar-refractivity contribution in [3.63, 3.8) is 0 Å². The second-order valence-corrected chi connectivity index (χ2v) is 10.2. The van der Waals surface area contributed by atoms with Crippen LogP contribution in [0.3, 0.4) is 0 Å². The predicted molar refractivity (Wildman–Crippen MR) is 85.7 cm³/mol. The van der Waals surface area contributed by atoms with E-state index < -0.39 is 10.0 Å². The molecule has 0 saturated heterocycles. The molecule has 1 aromatic rings. The van der Waals surface area contributed by atoms with E-state index in [1.807, 2.05) is 27.7 Å². The standard InChI is InChI=1S/C12H19BrClNO2S2/c1-8-7-10(18-11(8)13)19(16,17)15-9(5-6-14)12(2,3)4/h7,9,15H,5-6H2,1-4H3. The molecule has 0 aliphatic carbocycles. The molecule has 0 radical (unpaired) electrons. The van der Waals surface area contributed by atoms with E-state index in [2.05, 4.69) is 20.7 Å². The van der Waals surface area contributed by atoms with Crippen LogP contribution in [0, 0.1) is 12.3 Å². The summed E-state index contributed by atoms with van der Waals surface area (Å²) in [5.74, 6) is 0.428. The minimum Gasteiger partial charge on any atom is -0.207 e. The van der Waals surface area contributed by atoms with Gasteiger partial charge in [0.2, 0.25) is 10.0 Å². The van der Waals surface area contributed by atoms with Crippen molar-refractivity contribution in [3.8, 4) is 0 Å². The van der Waals surface area contributed by atoms with Gasteiger partial charge in [-0.1, -0.05) is 20.8 Å². The first-order valence-electron chi connectivity index (χ1n) is 5.92. The Morgan fingerprint density at radius 3 is 2.42 bits per heavy atom. The van der Waals surface area contributed by atoms with E-state index in [9.17, 15) is 8.42 Å². The molecule has 0 bridgehead atoms. The van der Waals surface area contributed by atoms with Crippen molar-refractivity contribution in [1.29, 1.82) is 0 Å². The summed E-state index contributed by atoms with van der Waals surface area (Å²) in [6, 6.07) is 1.49. The van der Waals surface area contributed by atoms with Crippen molar-refractivity contribution in [2.75, 3.05) is 5.88 Å². The third-order valence-electron chi connectivity index (χ3n) is 2.84. The van der Waals surface area contributed by atoms with Crippen LogP contribution in [0.5, 0.6) is 0 Å². The van der Waals surface area contributed by atoms with E-state index >= 15 is 0 Å². The molecule has 1 rings (SSSR count). The quantitative estimate of drug-likeness (QED) is 0.770. The molecule has 0 spiro atoms. The molecule has 0 saturated carbocycles. The van der Waals surface area contributed by atoms with Crippen LogP contribution in [0.1, 0.15) is 32.8 Å². The SMILES string of the molecule is Cc1cc(S(=O)(=O)NC(CCCl)C(C)(C)C)sc1Br. The van der Waals surface area contributed by atoms with Gasteiger partial charge in [-0.25, -0.2) is 13.1 Å². The highest BCUT2D eigenvalue weighted by molar-refractivity contribution is 9.11. The molecule has 19 heavy (non-hydrogen) atoms. The van der Waals surface area contributed by atoms with Crippen LogP contribution in [0.15, 0.2) is 14.1 Å². The number of hydrogen-bond donors (Lipinski definition) is 1. The Labute approximate surface area is 132 Å². The molecule has 0 amide bonds. The van der Waals surface area contributed by atoms with Crippen LogP contribution in [0.4, 0.5) is 0 Å². The predicted octanol–water partition coefficient (Wildman–Crippen LogP) is 4.14. The maximum absolute atomic E-state index is 12.4. The second kappa shape index (κ2) is 6.43. The van der Waals surface area contributed by atoms with Crippen molar-refractivity contribution >= 4 is 48.9 Å². The van der Waals surface area contributed by atoms with Crippen LogP contribution in [-0.2, 0) is 10.0 Å². The van der Waals surface area contributed by atoms with E-state index in [0.717, 1.165) is 9.35 Å². The Kier molecular flexibility index (Phi) is 5.90. The number of halogens is 2. The number of aryl methyl sites for hydroxylation is 1. The Balaban J connectivity index is 3.00. The molecule has 1 N–H and O–H groups in total. The lowest BCUT2D eigenvalue weighted by atomic mass is 9.86. The summed E-state index contributed by atoms with van der Waals surface area (Å²) >= 11 is 10.3. The molecule has 1 heterocycles. The fourth-order valence-electron chi connectivity index (χ4n) is 1.59. The number of alkyl halides is 1. The zero-order valence-corrected chi connectivity index (χ0v) is 15.4. The zero-order chi connectivity index (χ0) is 14.8. The van der Waals surface area contributed by atoms with Crippen molar-refractivity contribution in [3.05, 3.63) is 15.4 Å². The van der Waals surface area contributed by atoms with Gasteiger partial charge in [0.05, 0.1) is 3.79 Å². The molecule has 0 aliphatic heterocycles. The average molecular weight is 389 g/mol. The largest absolute Gasteiger partial charge is 0.250 e. The number of nitrogens with one attached hydrogen (secondary N) is 1. The van der Waals surface area contributed by atoms with Crippen molar-refractivity contribution in [1.82, 2.24) is 4.72 Å². The highest BCUT2D eigenvalue weighted by Gasteiger charge is 2.30. The minimum atomic E-state index is -3.49. The fourth-order valence-corrected chi connectivity index (χ4v) is 5.52. The normalized spacial score (nSPS) is 14.6. The molecule has 1 unspecified atom stereocenters. The smallest absolute Gasteiger partial charge is 0.207 e. The van der Waals surface area contributed by atoms with E-state index in [4.69, 9.17) is 11.6 Å². The summed E-state index contributed by atoms with van der Waals surface area (Å²) < 4.78 is 28.7. The summed E-state index contributed by atoms with van der Waals surface area (Å²) in [6.45, 7) is 7.88. The van der Waals surface area contributed by atoms with Gasteiger partial charge in [0.15, 0.2) is 0 Å². The molecule has 1 aromatic heterocycles. The lowest BCUT2D eigenvalue weighted by Crippen LogP contribution is -2.43. The molecule has 0 aromatic carbocycles. The average Bonchev–Trinajstić information content (AvgIpc) is 2.58. The third-order valence-corrected chi connectivity index (χ3v) is 7.14. The maximum Gasteiger partial charge on any atom is 0.250 e. The van der Waals surface area contributed by atoms with E-state index in [-0.39, 0.29) is 11.5 Å². The van der Waals surface area contributed by atoms with Gasteiger partial charge in [-0.3, -0.25) is 0 Å². The molecule has 110 valence electrons.